The molecule has 3 nitrogen and oxygen atoms in total. The fourth-order valence-electron chi connectivity index (χ4n) is 4.61. The van der Waals surface area contributed by atoms with Crippen molar-refractivity contribution < 1.29 is 0 Å². The molecule has 0 aliphatic carbocycles. The van der Waals surface area contributed by atoms with Crippen molar-refractivity contribution in [3.05, 3.63) is 0 Å². The molecule has 3 aliphatic rings. The Bertz CT molecular complexity index is 278. The molecule has 3 heteroatoms. The van der Waals surface area contributed by atoms with Crippen molar-refractivity contribution in [3.8, 4) is 0 Å². The summed E-state index contributed by atoms with van der Waals surface area (Å²) in [5.41, 5.74) is 0. The van der Waals surface area contributed by atoms with Gasteiger partial charge in [0, 0.05) is 19.1 Å². The molecular weight excluding hydrogens is 258 g/mol. The second-order valence-corrected chi connectivity index (χ2v) is 7.49. The number of nitrogens with one attached hydrogen (secondary N) is 1. The smallest absolute Gasteiger partial charge is 0.0261 e. The maximum absolute atomic E-state index is 3.67. The van der Waals surface area contributed by atoms with Gasteiger partial charge in [-0.05, 0) is 70.7 Å². The van der Waals surface area contributed by atoms with E-state index in [2.05, 4.69) is 15.1 Å². The molecular formula is C18H35N3. The maximum atomic E-state index is 3.67. The summed E-state index contributed by atoms with van der Waals surface area (Å²) in [7, 11) is 0. The van der Waals surface area contributed by atoms with Gasteiger partial charge in [0.15, 0.2) is 0 Å². The molecule has 0 aromatic carbocycles. The zero-order valence-electron chi connectivity index (χ0n) is 13.9. The van der Waals surface area contributed by atoms with E-state index in [9.17, 15) is 0 Å². The number of likely N-dealkylation sites (tertiary alicyclic amines) is 2. The molecule has 0 aromatic rings. The average Bonchev–Trinajstić information content (AvgIpc) is 2.92. The molecule has 0 bridgehead atoms. The van der Waals surface area contributed by atoms with Crippen LogP contribution < -0.4 is 5.32 Å². The summed E-state index contributed by atoms with van der Waals surface area (Å²) in [5.74, 6) is 0.905. The monoisotopic (exact) mass is 293 g/mol. The van der Waals surface area contributed by atoms with Crippen molar-refractivity contribution in [2.75, 3.05) is 45.8 Å². The minimum atomic E-state index is 0.806. The normalized spacial score (nSPS) is 34.3. The van der Waals surface area contributed by atoms with Gasteiger partial charge in [-0.25, -0.2) is 0 Å². The molecule has 0 amide bonds. The van der Waals surface area contributed by atoms with E-state index < -0.39 is 0 Å². The van der Waals surface area contributed by atoms with Gasteiger partial charge in [0.1, 0.15) is 0 Å². The maximum Gasteiger partial charge on any atom is 0.0261 e. The van der Waals surface area contributed by atoms with Crippen LogP contribution in [0.15, 0.2) is 0 Å². The minimum Gasteiger partial charge on any atom is -0.315 e. The third kappa shape index (κ3) is 4.67. The topological polar surface area (TPSA) is 18.5 Å². The lowest BCUT2D eigenvalue weighted by molar-refractivity contribution is 0.0889. The van der Waals surface area contributed by atoms with Crippen molar-refractivity contribution in [1.82, 2.24) is 15.1 Å². The van der Waals surface area contributed by atoms with E-state index in [1.165, 1.54) is 104 Å². The molecule has 2 unspecified atom stereocenters. The Balaban J connectivity index is 1.57. The molecule has 0 saturated carbocycles. The number of hydrogen-bond donors (Lipinski definition) is 1. The van der Waals surface area contributed by atoms with Gasteiger partial charge in [0.25, 0.3) is 0 Å². The predicted molar refractivity (Wildman–Crippen MR) is 89.7 cm³/mol. The molecule has 3 heterocycles. The van der Waals surface area contributed by atoms with Crippen molar-refractivity contribution in [2.24, 2.45) is 5.92 Å². The highest BCUT2D eigenvalue weighted by atomic mass is 15.2. The first-order valence-corrected chi connectivity index (χ1v) is 9.60. The lowest BCUT2D eigenvalue weighted by atomic mass is 9.90. The SMILES string of the molecule is C1CCCN(CC2CCNCC2N2CCCCCC2)CC1. The zero-order chi connectivity index (χ0) is 14.3. The molecule has 3 fully saturated rings. The van der Waals surface area contributed by atoms with E-state index in [-0.39, 0.29) is 0 Å². The van der Waals surface area contributed by atoms with Crippen LogP contribution in [0.2, 0.25) is 0 Å². The molecule has 3 saturated heterocycles. The Morgan fingerprint density at radius 3 is 2.05 bits per heavy atom. The predicted octanol–water partition coefficient (Wildman–Crippen LogP) is 2.72. The van der Waals surface area contributed by atoms with Gasteiger partial charge in [-0.3, -0.25) is 4.90 Å². The summed E-state index contributed by atoms with van der Waals surface area (Å²) in [6.45, 7) is 9.25. The zero-order valence-corrected chi connectivity index (χ0v) is 13.9. The Morgan fingerprint density at radius 1 is 0.762 bits per heavy atom. The lowest BCUT2D eigenvalue weighted by Gasteiger charge is -2.42. The first kappa shape index (κ1) is 15.8. The van der Waals surface area contributed by atoms with Crippen LogP contribution in [0.5, 0.6) is 0 Å². The summed E-state index contributed by atoms with van der Waals surface area (Å²) in [5, 5.41) is 3.67. The number of hydrogen-bond acceptors (Lipinski definition) is 3. The second-order valence-electron chi connectivity index (χ2n) is 7.49. The van der Waals surface area contributed by atoms with Crippen LogP contribution >= 0.6 is 0 Å². The summed E-state index contributed by atoms with van der Waals surface area (Å²) < 4.78 is 0. The van der Waals surface area contributed by atoms with Crippen LogP contribution in [0.4, 0.5) is 0 Å². The molecule has 0 spiro atoms. The van der Waals surface area contributed by atoms with Gasteiger partial charge < -0.3 is 10.2 Å². The summed E-state index contributed by atoms with van der Waals surface area (Å²) in [6.07, 6.45) is 12.9. The van der Waals surface area contributed by atoms with Crippen LogP contribution in [0.3, 0.4) is 0 Å². The molecule has 0 radical (unpaired) electrons. The molecule has 0 aromatic heterocycles. The molecule has 122 valence electrons. The number of piperidine rings is 1. The minimum absolute atomic E-state index is 0.806. The largest absolute Gasteiger partial charge is 0.315 e. The van der Waals surface area contributed by atoms with E-state index >= 15 is 0 Å². The standard InChI is InChI=1S/C18H35N3/c1-2-6-12-20(11-5-1)16-17-9-10-19-15-18(17)21-13-7-3-4-8-14-21/h17-19H,1-16H2. The second kappa shape index (κ2) is 8.50. The summed E-state index contributed by atoms with van der Waals surface area (Å²) in [6, 6.07) is 0.806. The van der Waals surface area contributed by atoms with Gasteiger partial charge in [0.05, 0.1) is 0 Å². The van der Waals surface area contributed by atoms with Crippen LogP contribution in [0.1, 0.15) is 57.8 Å². The van der Waals surface area contributed by atoms with Crippen LogP contribution in [-0.4, -0.2) is 61.7 Å². The third-order valence-corrected chi connectivity index (χ3v) is 5.89. The first-order valence-electron chi connectivity index (χ1n) is 9.60. The highest BCUT2D eigenvalue weighted by Gasteiger charge is 2.31. The van der Waals surface area contributed by atoms with Gasteiger partial charge >= 0.3 is 0 Å². The lowest BCUT2D eigenvalue weighted by Crippen LogP contribution is -2.54. The molecule has 3 aliphatic heterocycles. The van der Waals surface area contributed by atoms with Gasteiger partial charge in [-0.1, -0.05) is 25.7 Å². The Morgan fingerprint density at radius 2 is 1.38 bits per heavy atom. The fraction of sp³-hybridized carbons (Fsp3) is 1.00. The van der Waals surface area contributed by atoms with E-state index in [1.54, 1.807) is 0 Å². The first-order chi connectivity index (χ1) is 10.4. The Labute approximate surface area is 131 Å². The Kier molecular flexibility index (Phi) is 6.38. The molecule has 2 atom stereocenters. The number of rotatable bonds is 3. The third-order valence-electron chi connectivity index (χ3n) is 5.89. The van der Waals surface area contributed by atoms with Crippen molar-refractivity contribution in [3.63, 3.8) is 0 Å². The van der Waals surface area contributed by atoms with Crippen LogP contribution in [0, 0.1) is 5.92 Å². The quantitative estimate of drug-likeness (QED) is 0.863. The summed E-state index contributed by atoms with van der Waals surface area (Å²) in [4.78, 5) is 5.62. The van der Waals surface area contributed by atoms with E-state index in [0.717, 1.165) is 12.0 Å². The van der Waals surface area contributed by atoms with Crippen molar-refractivity contribution in [2.45, 2.75) is 63.8 Å². The van der Waals surface area contributed by atoms with Crippen molar-refractivity contribution >= 4 is 0 Å². The summed E-state index contributed by atoms with van der Waals surface area (Å²) >= 11 is 0. The highest BCUT2D eigenvalue weighted by molar-refractivity contribution is 4.88. The fourth-order valence-corrected chi connectivity index (χ4v) is 4.61. The average molecular weight is 293 g/mol. The van der Waals surface area contributed by atoms with E-state index in [0.29, 0.717) is 0 Å². The van der Waals surface area contributed by atoms with Crippen LogP contribution in [-0.2, 0) is 0 Å². The van der Waals surface area contributed by atoms with E-state index in [4.69, 9.17) is 0 Å². The van der Waals surface area contributed by atoms with Gasteiger partial charge in [0.2, 0.25) is 0 Å². The molecule has 21 heavy (non-hydrogen) atoms. The van der Waals surface area contributed by atoms with Gasteiger partial charge in [-0.15, -0.1) is 0 Å². The van der Waals surface area contributed by atoms with Crippen LogP contribution in [0.25, 0.3) is 0 Å². The molecule has 3 rings (SSSR count). The number of nitrogens with zero attached hydrogens (tertiary/aromatic N) is 2. The highest BCUT2D eigenvalue weighted by Crippen LogP contribution is 2.24. The van der Waals surface area contributed by atoms with Gasteiger partial charge in [-0.2, -0.15) is 0 Å². The van der Waals surface area contributed by atoms with Crippen molar-refractivity contribution in [1.29, 1.82) is 0 Å². The Hall–Kier alpha value is -0.120. The van der Waals surface area contributed by atoms with E-state index in [1.807, 2.05) is 0 Å². The molecule has 1 N–H and O–H groups in total.